The predicted molar refractivity (Wildman–Crippen MR) is 91.0 cm³/mol. The second-order valence-electron chi connectivity index (χ2n) is 5.92. The highest BCUT2D eigenvalue weighted by molar-refractivity contribution is 5.27. The normalized spacial score (nSPS) is 10.9. The zero-order valence-electron chi connectivity index (χ0n) is 13.6. The van der Waals surface area contributed by atoms with Crippen LogP contribution < -0.4 is 10.1 Å². The van der Waals surface area contributed by atoms with Crippen molar-refractivity contribution in [3.63, 3.8) is 0 Å². The third-order valence-electron chi connectivity index (χ3n) is 3.50. The van der Waals surface area contributed by atoms with Crippen molar-refractivity contribution in [3.05, 3.63) is 59.9 Å². The molecule has 0 bridgehead atoms. The number of pyridine rings is 1. The monoisotopic (exact) mass is 298 g/mol. The lowest BCUT2D eigenvalue weighted by Crippen LogP contribution is -2.17. The largest absolute Gasteiger partial charge is 0.494 e. The van der Waals surface area contributed by atoms with Crippen molar-refractivity contribution in [1.29, 1.82) is 0 Å². The van der Waals surface area contributed by atoms with Crippen LogP contribution in [0.4, 0.5) is 0 Å². The first-order chi connectivity index (χ1) is 10.7. The molecule has 3 heteroatoms. The van der Waals surface area contributed by atoms with Crippen molar-refractivity contribution in [2.75, 3.05) is 13.2 Å². The van der Waals surface area contributed by atoms with Gasteiger partial charge in [-0.3, -0.25) is 4.98 Å². The first-order valence-electron chi connectivity index (χ1n) is 8.06. The Balaban J connectivity index is 1.66. The van der Waals surface area contributed by atoms with Crippen molar-refractivity contribution >= 4 is 0 Å². The van der Waals surface area contributed by atoms with Gasteiger partial charge in [-0.2, -0.15) is 0 Å². The molecule has 0 aliphatic rings. The lowest BCUT2D eigenvalue weighted by atomic mass is 10.1. The zero-order valence-corrected chi connectivity index (χ0v) is 13.6. The molecule has 0 radical (unpaired) electrons. The number of nitrogens with one attached hydrogen (secondary N) is 1. The molecule has 22 heavy (non-hydrogen) atoms. The van der Waals surface area contributed by atoms with Gasteiger partial charge in [0.2, 0.25) is 0 Å². The third kappa shape index (κ3) is 6.27. The number of benzene rings is 1. The van der Waals surface area contributed by atoms with E-state index in [0.717, 1.165) is 44.0 Å². The number of aromatic nitrogens is 1. The third-order valence-corrected chi connectivity index (χ3v) is 3.50. The molecular formula is C19H26N2O. The number of hydrogen-bond donors (Lipinski definition) is 1. The molecule has 0 aliphatic carbocycles. The molecular weight excluding hydrogens is 272 g/mol. The molecule has 0 unspecified atom stereocenters. The van der Waals surface area contributed by atoms with Gasteiger partial charge in [-0.25, -0.2) is 0 Å². The van der Waals surface area contributed by atoms with Gasteiger partial charge in [-0.05, 0) is 42.2 Å². The van der Waals surface area contributed by atoms with Crippen molar-refractivity contribution in [3.8, 4) is 5.75 Å². The fourth-order valence-corrected chi connectivity index (χ4v) is 2.11. The molecule has 0 amide bonds. The topological polar surface area (TPSA) is 34.1 Å². The predicted octanol–water partition coefficient (Wildman–Crippen LogP) is 3.84. The molecule has 0 saturated heterocycles. The highest BCUT2D eigenvalue weighted by atomic mass is 16.5. The average molecular weight is 298 g/mol. The van der Waals surface area contributed by atoms with Crippen molar-refractivity contribution < 1.29 is 4.74 Å². The fourth-order valence-electron chi connectivity index (χ4n) is 2.11. The summed E-state index contributed by atoms with van der Waals surface area (Å²) in [6, 6.07) is 14.4. The van der Waals surface area contributed by atoms with Crippen molar-refractivity contribution in [2.45, 2.75) is 33.2 Å². The molecule has 0 fully saturated rings. The molecule has 0 spiro atoms. The molecule has 0 atom stereocenters. The second kappa shape index (κ2) is 9.21. The van der Waals surface area contributed by atoms with Crippen LogP contribution in [0, 0.1) is 5.92 Å². The Morgan fingerprint density at radius 2 is 1.91 bits per heavy atom. The SMILES string of the molecule is CC(C)CCOc1ccc(CNCCc2ccccn2)cc1. The van der Waals surface area contributed by atoms with Crippen molar-refractivity contribution in [1.82, 2.24) is 10.3 Å². The van der Waals surface area contributed by atoms with Crippen LogP contribution in [0.3, 0.4) is 0 Å². The van der Waals surface area contributed by atoms with Gasteiger partial charge in [0, 0.05) is 31.4 Å². The van der Waals surface area contributed by atoms with E-state index in [1.54, 1.807) is 0 Å². The number of hydrogen-bond acceptors (Lipinski definition) is 3. The molecule has 0 saturated carbocycles. The molecule has 2 aromatic rings. The van der Waals surface area contributed by atoms with Crippen LogP contribution in [0.25, 0.3) is 0 Å². The molecule has 1 N–H and O–H groups in total. The number of ether oxygens (including phenoxy) is 1. The van der Waals surface area contributed by atoms with E-state index in [1.807, 2.05) is 18.3 Å². The average Bonchev–Trinajstić information content (AvgIpc) is 2.54. The Morgan fingerprint density at radius 1 is 1.09 bits per heavy atom. The van der Waals surface area contributed by atoms with Crippen LogP contribution in [-0.4, -0.2) is 18.1 Å². The minimum Gasteiger partial charge on any atom is -0.494 e. The second-order valence-corrected chi connectivity index (χ2v) is 5.92. The maximum Gasteiger partial charge on any atom is 0.119 e. The van der Waals surface area contributed by atoms with E-state index in [2.05, 4.69) is 54.5 Å². The van der Waals surface area contributed by atoms with Crippen LogP contribution in [-0.2, 0) is 13.0 Å². The minimum atomic E-state index is 0.683. The van der Waals surface area contributed by atoms with Gasteiger partial charge in [-0.1, -0.05) is 32.0 Å². The molecule has 3 nitrogen and oxygen atoms in total. The highest BCUT2D eigenvalue weighted by Crippen LogP contribution is 2.13. The van der Waals surface area contributed by atoms with Crippen LogP contribution in [0.1, 0.15) is 31.5 Å². The van der Waals surface area contributed by atoms with E-state index < -0.39 is 0 Å². The first kappa shape index (κ1) is 16.5. The Morgan fingerprint density at radius 3 is 2.59 bits per heavy atom. The van der Waals surface area contributed by atoms with E-state index in [0.29, 0.717) is 5.92 Å². The quantitative estimate of drug-likeness (QED) is 0.714. The van der Waals surface area contributed by atoms with Crippen LogP contribution in [0.5, 0.6) is 5.75 Å². The summed E-state index contributed by atoms with van der Waals surface area (Å²) in [6.07, 6.45) is 3.89. The van der Waals surface area contributed by atoms with Gasteiger partial charge < -0.3 is 10.1 Å². The van der Waals surface area contributed by atoms with E-state index in [1.165, 1.54) is 5.56 Å². The Labute approximate surface area is 133 Å². The number of nitrogens with zero attached hydrogens (tertiary/aromatic N) is 1. The molecule has 118 valence electrons. The molecule has 2 rings (SSSR count). The van der Waals surface area contributed by atoms with Crippen LogP contribution >= 0.6 is 0 Å². The Hall–Kier alpha value is -1.87. The highest BCUT2D eigenvalue weighted by Gasteiger charge is 1.98. The van der Waals surface area contributed by atoms with Gasteiger partial charge in [0.05, 0.1) is 6.61 Å². The zero-order chi connectivity index (χ0) is 15.6. The van der Waals surface area contributed by atoms with E-state index in [9.17, 15) is 0 Å². The van der Waals surface area contributed by atoms with E-state index in [-0.39, 0.29) is 0 Å². The summed E-state index contributed by atoms with van der Waals surface area (Å²) in [5.74, 6) is 1.64. The summed E-state index contributed by atoms with van der Waals surface area (Å²) in [7, 11) is 0. The maximum absolute atomic E-state index is 5.73. The smallest absolute Gasteiger partial charge is 0.119 e. The summed E-state index contributed by atoms with van der Waals surface area (Å²) in [5, 5.41) is 3.45. The number of rotatable bonds is 9. The van der Waals surface area contributed by atoms with Gasteiger partial charge >= 0.3 is 0 Å². The van der Waals surface area contributed by atoms with Crippen LogP contribution in [0.15, 0.2) is 48.7 Å². The van der Waals surface area contributed by atoms with E-state index >= 15 is 0 Å². The standard InChI is InChI=1S/C19H26N2O/c1-16(2)11-14-22-19-8-6-17(7-9-19)15-20-13-10-18-5-3-4-12-21-18/h3-9,12,16,20H,10-11,13-15H2,1-2H3. The lowest BCUT2D eigenvalue weighted by molar-refractivity contribution is 0.289. The first-order valence-corrected chi connectivity index (χ1v) is 8.06. The molecule has 1 aromatic heterocycles. The summed E-state index contributed by atoms with van der Waals surface area (Å²) in [6.45, 7) is 7.02. The fraction of sp³-hybridized carbons (Fsp3) is 0.421. The van der Waals surface area contributed by atoms with E-state index in [4.69, 9.17) is 4.74 Å². The summed E-state index contributed by atoms with van der Waals surface area (Å²) in [5.41, 5.74) is 2.40. The summed E-state index contributed by atoms with van der Waals surface area (Å²) in [4.78, 5) is 4.32. The van der Waals surface area contributed by atoms with Gasteiger partial charge in [0.1, 0.15) is 5.75 Å². The van der Waals surface area contributed by atoms with Gasteiger partial charge in [-0.15, -0.1) is 0 Å². The van der Waals surface area contributed by atoms with Gasteiger partial charge in [0.15, 0.2) is 0 Å². The van der Waals surface area contributed by atoms with Crippen LogP contribution in [0.2, 0.25) is 0 Å². The molecule has 1 heterocycles. The maximum atomic E-state index is 5.73. The molecule has 1 aromatic carbocycles. The van der Waals surface area contributed by atoms with Gasteiger partial charge in [0.25, 0.3) is 0 Å². The lowest BCUT2D eigenvalue weighted by Gasteiger charge is -2.09. The van der Waals surface area contributed by atoms with Crippen molar-refractivity contribution in [2.24, 2.45) is 5.92 Å². The summed E-state index contributed by atoms with van der Waals surface area (Å²) >= 11 is 0. The minimum absolute atomic E-state index is 0.683. The Bertz CT molecular complexity index is 523. The Kier molecular flexibility index (Phi) is 6.91. The molecule has 0 aliphatic heterocycles. The summed E-state index contributed by atoms with van der Waals surface area (Å²) < 4.78 is 5.73.